The van der Waals surface area contributed by atoms with Gasteiger partial charge in [-0.3, -0.25) is 14.5 Å². The molecule has 1 aliphatic rings. The van der Waals surface area contributed by atoms with E-state index in [9.17, 15) is 18.0 Å². The van der Waals surface area contributed by atoms with E-state index in [1.54, 1.807) is 11.9 Å². The number of nitrogens with one attached hydrogen (secondary N) is 2. The minimum atomic E-state index is -3.04. The average molecular weight is 447 g/mol. The van der Waals surface area contributed by atoms with Crippen LogP contribution >= 0.6 is 11.3 Å². The Labute approximate surface area is 177 Å². The van der Waals surface area contributed by atoms with Crippen molar-refractivity contribution in [2.24, 2.45) is 0 Å². The van der Waals surface area contributed by atoms with Crippen molar-refractivity contribution in [1.29, 1.82) is 0 Å². The molecule has 8 nitrogen and oxygen atoms in total. The third-order valence-corrected chi connectivity index (χ3v) is 7.79. The van der Waals surface area contributed by atoms with Crippen molar-refractivity contribution < 1.29 is 13.2 Å². The summed E-state index contributed by atoms with van der Waals surface area (Å²) in [5, 5.41) is 3.31. The molecule has 0 aliphatic carbocycles. The molecule has 158 valence electrons. The van der Waals surface area contributed by atoms with Gasteiger partial charge in [0.05, 0.1) is 30.0 Å². The summed E-state index contributed by atoms with van der Waals surface area (Å²) in [6.07, 6.45) is 0.450. The zero-order valence-electron chi connectivity index (χ0n) is 16.4. The molecule has 0 radical (unpaired) electrons. The Morgan fingerprint density at radius 3 is 2.80 bits per heavy atom. The minimum Gasteiger partial charge on any atom is -0.351 e. The van der Waals surface area contributed by atoms with Crippen molar-refractivity contribution in [2.75, 3.05) is 25.1 Å². The van der Waals surface area contributed by atoms with Gasteiger partial charge in [0.25, 0.3) is 5.56 Å². The third-order valence-electron chi connectivity index (χ3n) is 4.94. The SMILES string of the molecule is CN(CC(=O)NC1CCS(=O)(=O)C1)Cc1nc2sc(-c3ccccc3)cc2c(=O)[nH]1. The van der Waals surface area contributed by atoms with Crippen molar-refractivity contribution in [2.45, 2.75) is 19.0 Å². The summed E-state index contributed by atoms with van der Waals surface area (Å²) in [5.74, 6) is 0.346. The van der Waals surface area contributed by atoms with Crippen molar-refractivity contribution in [3.63, 3.8) is 0 Å². The number of hydrogen-bond acceptors (Lipinski definition) is 7. The van der Waals surface area contributed by atoms with E-state index in [4.69, 9.17) is 0 Å². The molecule has 1 amide bonds. The van der Waals surface area contributed by atoms with E-state index in [-0.39, 0.29) is 35.6 Å². The molecule has 1 aliphatic heterocycles. The molecule has 2 N–H and O–H groups in total. The number of thiophene rings is 1. The van der Waals surface area contributed by atoms with E-state index in [1.165, 1.54) is 11.3 Å². The number of amides is 1. The van der Waals surface area contributed by atoms with Crippen LogP contribution in [0.5, 0.6) is 0 Å². The van der Waals surface area contributed by atoms with Gasteiger partial charge in [-0.15, -0.1) is 11.3 Å². The molecule has 0 spiro atoms. The fraction of sp³-hybridized carbons (Fsp3) is 0.350. The lowest BCUT2D eigenvalue weighted by molar-refractivity contribution is -0.122. The van der Waals surface area contributed by atoms with Crippen LogP contribution in [-0.2, 0) is 21.2 Å². The Hall–Kier alpha value is -2.56. The van der Waals surface area contributed by atoms with Crippen LogP contribution in [0.25, 0.3) is 20.7 Å². The summed E-state index contributed by atoms with van der Waals surface area (Å²) in [6, 6.07) is 11.3. The van der Waals surface area contributed by atoms with Gasteiger partial charge in [0, 0.05) is 10.9 Å². The molecule has 10 heteroatoms. The number of carbonyl (C=O) groups excluding carboxylic acids is 1. The van der Waals surface area contributed by atoms with Crippen LogP contribution in [0.2, 0.25) is 0 Å². The van der Waals surface area contributed by atoms with Gasteiger partial charge in [-0.2, -0.15) is 0 Å². The largest absolute Gasteiger partial charge is 0.351 e. The van der Waals surface area contributed by atoms with E-state index in [0.717, 1.165) is 10.4 Å². The Bertz CT molecular complexity index is 1230. The maximum absolute atomic E-state index is 12.5. The molecule has 1 atom stereocenters. The first-order valence-electron chi connectivity index (χ1n) is 9.55. The second kappa shape index (κ2) is 8.29. The van der Waals surface area contributed by atoms with Gasteiger partial charge in [0.15, 0.2) is 9.84 Å². The topological polar surface area (TPSA) is 112 Å². The molecule has 30 heavy (non-hydrogen) atoms. The van der Waals surface area contributed by atoms with Gasteiger partial charge in [0.2, 0.25) is 5.91 Å². The molecule has 2 aromatic heterocycles. The second-order valence-electron chi connectivity index (χ2n) is 7.55. The molecule has 0 saturated carbocycles. The van der Waals surface area contributed by atoms with Crippen molar-refractivity contribution >= 4 is 37.3 Å². The summed E-state index contributed by atoms with van der Waals surface area (Å²) in [4.78, 5) is 35.4. The lowest BCUT2D eigenvalue weighted by Crippen LogP contribution is -2.41. The van der Waals surface area contributed by atoms with E-state index < -0.39 is 9.84 Å². The molecule has 3 heterocycles. The Balaban J connectivity index is 1.43. The summed E-state index contributed by atoms with van der Waals surface area (Å²) in [5.41, 5.74) is 0.826. The third kappa shape index (κ3) is 4.77. The van der Waals surface area contributed by atoms with Gasteiger partial charge in [-0.1, -0.05) is 30.3 Å². The van der Waals surface area contributed by atoms with E-state index in [2.05, 4.69) is 15.3 Å². The predicted molar refractivity (Wildman–Crippen MR) is 117 cm³/mol. The van der Waals surface area contributed by atoms with Gasteiger partial charge in [0.1, 0.15) is 10.7 Å². The number of nitrogens with zero attached hydrogens (tertiary/aromatic N) is 2. The number of fused-ring (bicyclic) bond motifs is 1. The van der Waals surface area contributed by atoms with Crippen LogP contribution < -0.4 is 10.9 Å². The zero-order chi connectivity index (χ0) is 21.3. The number of benzene rings is 1. The Morgan fingerprint density at radius 2 is 2.10 bits per heavy atom. The molecule has 1 fully saturated rings. The summed E-state index contributed by atoms with van der Waals surface area (Å²) >= 11 is 1.45. The van der Waals surface area contributed by atoms with E-state index in [1.807, 2.05) is 36.4 Å². The second-order valence-corrected chi connectivity index (χ2v) is 10.8. The fourth-order valence-corrected chi connectivity index (χ4v) is 6.26. The Kier molecular flexibility index (Phi) is 5.72. The predicted octanol–water partition coefficient (Wildman–Crippen LogP) is 1.39. The normalized spacial score (nSPS) is 18.1. The molecule has 4 rings (SSSR count). The molecule has 1 aromatic carbocycles. The van der Waals surface area contributed by atoms with Crippen LogP contribution in [0, 0.1) is 0 Å². The molecule has 3 aromatic rings. The van der Waals surface area contributed by atoms with E-state index >= 15 is 0 Å². The van der Waals surface area contributed by atoms with Crippen LogP contribution in [-0.4, -0.2) is 60.3 Å². The maximum atomic E-state index is 12.5. The quantitative estimate of drug-likeness (QED) is 0.592. The number of aromatic nitrogens is 2. The lowest BCUT2D eigenvalue weighted by Gasteiger charge is -2.17. The number of H-pyrrole nitrogens is 1. The molecule has 1 unspecified atom stereocenters. The van der Waals surface area contributed by atoms with Gasteiger partial charge in [-0.25, -0.2) is 13.4 Å². The maximum Gasteiger partial charge on any atom is 0.259 e. The first-order valence-corrected chi connectivity index (χ1v) is 12.2. The smallest absolute Gasteiger partial charge is 0.259 e. The molecule has 0 bridgehead atoms. The molecular weight excluding hydrogens is 424 g/mol. The van der Waals surface area contributed by atoms with Gasteiger partial charge >= 0.3 is 0 Å². The first kappa shape index (κ1) is 20.7. The van der Waals surface area contributed by atoms with Gasteiger partial charge in [-0.05, 0) is 25.1 Å². The highest BCUT2D eigenvalue weighted by Crippen LogP contribution is 2.30. The van der Waals surface area contributed by atoms with Gasteiger partial charge < -0.3 is 10.3 Å². The first-order chi connectivity index (χ1) is 14.3. The van der Waals surface area contributed by atoms with Crippen LogP contribution in [0.4, 0.5) is 0 Å². The van der Waals surface area contributed by atoms with Crippen molar-refractivity contribution in [3.8, 4) is 10.4 Å². The summed E-state index contributed by atoms with van der Waals surface area (Å²) in [6.45, 7) is 0.373. The average Bonchev–Trinajstić information content (AvgIpc) is 3.25. The number of likely N-dealkylation sites (N-methyl/N-ethyl adjacent to an activating group) is 1. The number of rotatable bonds is 6. The number of sulfone groups is 1. The monoisotopic (exact) mass is 446 g/mol. The zero-order valence-corrected chi connectivity index (χ0v) is 18.1. The standard InChI is InChI=1S/C20H22N4O4S2/c1-24(11-18(25)21-14-7-8-30(27,28)12-14)10-17-22-19(26)15-9-16(29-20(15)23-17)13-5-3-2-4-6-13/h2-6,9,14H,7-8,10-12H2,1H3,(H,21,25)(H,22,23,26). The fourth-order valence-electron chi connectivity index (χ4n) is 3.53. The minimum absolute atomic E-state index is 0.00385. The van der Waals surface area contributed by atoms with Crippen LogP contribution in [0.15, 0.2) is 41.2 Å². The lowest BCUT2D eigenvalue weighted by atomic mass is 10.2. The van der Waals surface area contributed by atoms with Crippen LogP contribution in [0.1, 0.15) is 12.2 Å². The molecular formula is C20H22N4O4S2. The highest BCUT2D eigenvalue weighted by Gasteiger charge is 2.29. The summed E-state index contributed by atoms with van der Waals surface area (Å²) < 4.78 is 23.0. The highest BCUT2D eigenvalue weighted by atomic mass is 32.2. The molecule has 1 saturated heterocycles. The number of carbonyl (C=O) groups is 1. The van der Waals surface area contributed by atoms with E-state index in [0.29, 0.717) is 29.0 Å². The summed E-state index contributed by atoms with van der Waals surface area (Å²) in [7, 11) is -1.29. The van der Waals surface area contributed by atoms with Crippen molar-refractivity contribution in [3.05, 3.63) is 52.6 Å². The Morgan fingerprint density at radius 1 is 1.33 bits per heavy atom. The van der Waals surface area contributed by atoms with Crippen LogP contribution in [0.3, 0.4) is 0 Å². The highest BCUT2D eigenvalue weighted by molar-refractivity contribution is 7.91. The van der Waals surface area contributed by atoms with Crippen molar-refractivity contribution in [1.82, 2.24) is 20.2 Å². The number of aromatic amines is 1. The number of hydrogen-bond donors (Lipinski definition) is 2.